The van der Waals surface area contributed by atoms with Gasteiger partial charge in [0.15, 0.2) is 0 Å². The van der Waals surface area contributed by atoms with Crippen LogP contribution in [0.25, 0.3) is 0 Å². The van der Waals surface area contributed by atoms with Crippen LogP contribution in [0.15, 0.2) is 77.7 Å². The molecule has 3 aromatic carbocycles. The van der Waals surface area contributed by atoms with E-state index in [1.54, 1.807) is 43.3 Å². The number of carbonyl (C=O) groups is 2. The number of rotatable bonds is 11. The Bertz CT molecular complexity index is 1480. The lowest BCUT2D eigenvalue weighted by Gasteiger charge is -2.32. The number of alkyl halides is 3. The van der Waals surface area contributed by atoms with Crippen molar-refractivity contribution < 1.29 is 31.2 Å². The number of nitrogens with zero attached hydrogens (tertiary/aromatic N) is 2. The highest BCUT2D eigenvalue weighted by Crippen LogP contribution is 2.33. The van der Waals surface area contributed by atoms with Crippen molar-refractivity contribution in [1.29, 1.82) is 0 Å². The summed E-state index contributed by atoms with van der Waals surface area (Å²) in [6.45, 7) is 4.52. The molecule has 1 atom stereocenters. The van der Waals surface area contributed by atoms with Crippen LogP contribution in [0.5, 0.6) is 0 Å². The minimum atomic E-state index is -4.75. The fraction of sp³-hybridized carbons (Fsp3) is 0.310. The Hall–Kier alpha value is -3.57. The summed E-state index contributed by atoms with van der Waals surface area (Å²) in [5.74, 6) is -1.26. The Balaban J connectivity index is 2.08. The molecular formula is C29H31ClF3N3O4S. The van der Waals surface area contributed by atoms with E-state index in [0.717, 1.165) is 17.7 Å². The number of aryl methyl sites for hydroxylation is 1. The standard InChI is InChI=1S/C29H31ClF3N3O4S/c1-4-15-34-28(38)21(3)35(18-22-7-5-9-24(30)16-22)27(37)19-36(25-10-6-8-23(17-25)29(31,32)33)41(39,40)26-13-11-20(2)12-14-26/h5-14,16-17,21H,4,15,18-19H2,1-3H3,(H,34,38). The topological polar surface area (TPSA) is 86.8 Å². The van der Waals surface area contributed by atoms with Crippen LogP contribution >= 0.6 is 11.6 Å². The first-order chi connectivity index (χ1) is 19.2. The molecule has 0 saturated heterocycles. The Morgan fingerprint density at radius 1 is 1.00 bits per heavy atom. The van der Waals surface area contributed by atoms with E-state index in [0.29, 0.717) is 33.9 Å². The Morgan fingerprint density at radius 3 is 2.27 bits per heavy atom. The van der Waals surface area contributed by atoms with E-state index in [2.05, 4.69) is 5.32 Å². The number of hydrogen-bond donors (Lipinski definition) is 1. The lowest BCUT2D eigenvalue weighted by molar-refractivity contribution is -0.139. The van der Waals surface area contributed by atoms with Gasteiger partial charge in [0.2, 0.25) is 11.8 Å². The van der Waals surface area contributed by atoms with Crippen LogP contribution in [0.4, 0.5) is 18.9 Å². The van der Waals surface area contributed by atoms with E-state index < -0.39 is 46.2 Å². The Kier molecular flexibility index (Phi) is 10.4. The van der Waals surface area contributed by atoms with Gasteiger partial charge in [0.05, 0.1) is 16.1 Å². The molecule has 1 unspecified atom stereocenters. The number of sulfonamides is 1. The van der Waals surface area contributed by atoms with Crippen LogP contribution in [-0.4, -0.2) is 44.3 Å². The molecule has 2 amide bonds. The van der Waals surface area contributed by atoms with E-state index in [9.17, 15) is 31.2 Å². The first-order valence-corrected chi connectivity index (χ1v) is 14.6. The third-order valence-electron chi connectivity index (χ3n) is 6.31. The first-order valence-electron chi connectivity index (χ1n) is 12.8. The highest BCUT2D eigenvalue weighted by Gasteiger charge is 2.35. The van der Waals surface area contributed by atoms with Crippen LogP contribution in [0, 0.1) is 6.92 Å². The molecule has 1 N–H and O–H groups in total. The molecule has 220 valence electrons. The number of halogens is 4. The Labute approximate surface area is 243 Å². The lowest BCUT2D eigenvalue weighted by atomic mass is 10.1. The molecule has 3 aromatic rings. The van der Waals surface area contributed by atoms with Gasteiger partial charge in [-0.15, -0.1) is 0 Å². The number of anilines is 1. The molecule has 0 heterocycles. The Morgan fingerprint density at radius 2 is 1.66 bits per heavy atom. The van der Waals surface area contributed by atoms with Gasteiger partial charge in [-0.3, -0.25) is 13.9 Å². The molecule has 0 aliphatic heterocycles. The number of carbonyl (C=O) groups excluding carboxylic acids is 2. The molecule has 41 heavy (non-hydrogen) atoms. The van der Waals surface area contributed by atoms with Crippen molar-refractivity contribution in [2.45, 2.75) is 50.9 Å². The second-order valence-corrected chi connectivity index (χ2v) is 11.8. The van der Waals surface area contributed by atoms with Crippen LogP contribution in [-0.2, 0) is 32.3 Å². The van der Waals surface area contributed by atoms with Crippen LogP contribution < -0.4 is 9.62 Å². The molecule has 0 aromatic heterocycles. The molecule has 0 aliphatic rings. The van der Waals surface area contributed by atoms with Gasteiger partial charge < -0.3 is 10.2 Å². The molecule has 12 heteroatoms. The minimum Gasteiger partial charge on any atom is -0.354 e. The monoisotopic (exact) mass is 609 g/mol. The van der Waals surface area contributed by atoms with Crippen molar-refractivity contribution in [3.8, 4) is 0 Å². The van der Waals surface area contributed by atoms with E-state index in [4.69, 9.17) is 11.6 Å². The summed E-state index contributed by atoms with van der Waals surface area (Å²) in [6.07, 6.45) is -4.09. The maximum Gasteiger partial charge on any atom is 0.416 e. The molecule has 3 rings (SSSR count). The summed E-state index contributed by atoms with van der Waals surface area (Å²) in [7, 11) is -4.50. The van der Waals surface area contributed by atoms with Gasteiger partial charge in [-0.25, -0.2) is 8.42 Å². The molecule has 0 spiro atoms. The van der Waals surface area contributed by atoms with Crippen molar-refractivity contribution >= 4 is 39.1 Å². The molecule has 0 bridgehead atoms. The second kappa shape index (κ2) is 13.4. The SMILES string of the molecule is CCCNC(=O)C(C)N(Cc1cccc(Cl)c1)C(=O)CN(c1cccc(C(F)(F)F)c1)S(=O)(=O)c1ccc(C)cc1. The van der Waals surface area contributed by atoms with Gasteiger partial charge in [0.1, 0.15) is 12.6 Å². The van der Waals surface area contributed by atoms with Gasteiger partial charge in [-0.2, -0.15) is 13.2 Å². The number of hydrogen-bond acceptors (Lipinski definition) is 4. The van der Waals surface area contributed by atoms with E-state index in [1.165, 1.54) is 30.0 Å². The number of nitrogens with one attached hydrogen (secondary N) is 1. The van der Waals surface area contributed by atoms with Gasteiger partial charge >= 0.3 is 6.18 Å². The van der Waals surface area contributed by atoms with Crippen LogP contribution in [0.2, 0.25) is 5.02 Å². The molecule has 7 nitrogen and oxygen atoms in total. The van der Waals surface area contributed by atoms with Crippen molar-refractivity contribution in [3.05, 3.63) is 94.5 Å². The zero-order chi connectivity index (χ0) is 30.4. The average Bonchev–Trinajstić information content (AvgIpc) is 2.92. The normalized spacial score (nSPS) is 12.5. The zero-order valence-electron chi connectivity index (χ0n) is 22.8. The highest BCUT2D eigenvalue weighted by molar-refractivity contribution is 7.92. The van der Waals surface area contributed by atoms with Crippen LogP contribution in [0.3, 0.4) is 0 Å². The quantitative estimate of drug-likeness (QED) is 0.297. The van der Waals surface area contributed by atoms with Crippen LogP contribution in [0.1, 0.15) is 37.0 Å². The second-order valence-electron chi connectivity index (χ2n) is 9.49. The summed E-state index contributed by atoms with van der Waals surface area (Å²) in [5.41, 5.74) is -0.0764. The van der Waals surface area contributed by atoms with E-state index in [-0.39, 0.29) is 17.1 Å². The highest BCUT2D eigenvalue weighted by atomic mass is 35.5. The van der Waals surface area contributed by atoms with Gasteiger partial charge in [-0.1, -0.05) is 54.4 Å². The molecule has 0 aliphatic carbocycles. The maximum absolute atomic E-state index is 13.8. The van der Waals surface area contributed by atoms with Crippen molar-refractivity contribution in [2.75, 3.05) is 17.4 Å². The fourth-order valence-corrected chi connectivity index (χ4v) is 5.63. The number of benzene rings is 3. The summed E-state index contributed by atoms with van der Waals surface area (Å²) >= 11 is 6.11. The molecule has 0 radical (unpaired) electrons. The van der Waals surface area contributed by atoms with Crippen molar-refractivity contribution in [2.24, 2.45) is 0 Å². The van der Waals surface area contributed by atoms with Gasteiger partial charge in [0.25, 0.3) is 10.0 Å². The average molecular weight is 610 g/mol. The van der Waals surface area contributed by atoms with E-state index in [1.807, 2.05) is 6.92 Å². The van der Waals surface area contributed by atoms with Crippen molar-refractivity contribution in [1.82, 2.24) is 10.2 Å². The summed E-state index contributed by atoms with van der Waals surface area (Å²) in [4.78, 5) is 27.7. The lowest BCUT2D eigenvalue weighted by Crippen LogP contribution is -2.51. The van der Waals surface area contributed by atoms with Crippen molar-refractivity contribution in [3.63, 3.8) is 0 Å². The smallest absolute Gasteiger partial charge is 0.354 e. The maximum atomic E-state index is 13.8. The summed E-state index contributed by atoms with van der Waals surface area (Å²) < 4.78 is 68.9. The van der Waals surface area contributed by atoms with E-state index >= 15 is 0 Å². The van der Waals surface area contributed by atoms with Gasteiger partial charge in [0, 0.05) is 18.1 Å². The third-order valence-corrected chi connectivity index (χ3v) is 8.33. The summed E-state index contributed by atoms with van der Waals surface area (Å²) in [6, 6.07) is 15.1. The fourth-order valence-electron chi connectivity index (χ4n) is 4.01. The third kappa shape index (κ3) is 8.23. The summed E-state index contributed by atoms with van der Waals surface area (Å²) in [5, 5.41) is 3.11. The molecule has 0 saturated carbocycles. The van der Waals surface area contributed by atoms with Gasteiger partial charge in [-0.05, 0) is 68.3 Å². The first kappa shape index (κ1) is 32.0. The molecular weight excluding hydrogens is 579 g/mol. The zero-order valence-corrected chi connectivity index (χ0v) is 24.4. The largest absolute Gasteiger partial charge is 0.416 e. The predicted octanol–water partition coefficient (Wildman–Crippen LogP) is 5.81. The number of amides is 2. The minimum absolute atomic E-state index is 0.0961. The predicted molar refractivity (Wildman–Crippen MR) is 152 cm³/mol. The molecule has 0 fully saturated rings.